The Morgan fingerprint density at radius 3 is 0.711 bits per heavy atom. The highest BCUT2D eigenvalue weighted by atomic mass is 16.6. The molecule has 6 nitrogen and oxygen atoms in total. The summed E-state index contributed by atoms with van der Waals surface area (Å²) in [6.07, 6.45) is 93.6. The fourth-order valence-corrected chi connectivity index (χ4v) is 10.7. The van der Waals surface area contributed by atoms with Crippen molar-refractivity contribution >= 4 is 17.9 Å². The standard InChI is InChI=1S/C77H138O6/c1-4-7-10-13-16-19-22-25-28-30-32-34-35-36-37-38-39-40-41-43-44-46-49-52-55-58-61-64-67-70-76(79)82-73-74(72-81-75(78)69-66-63-60-57-54-51-48-27-24-21-18-15-12-9-6-3)83-77(80)71-68-65-62-59-56-53-50-47-45-42-33-31-29-26-23-20-17-14-11-8-5-2/h18,21,23,26-27,30-33,45,47-48,74H,4-17,19-20,22,24-25,28-29,34-44,46,49-73H2,1-3H3/b21-18-,26-23-,32-30-,33-31-,47-45-,48-27-. The van der Waals surface area contributed by atoms with Crippen LogP contribution in [0.1, 0.15) is 380 Å². The van der Waals surface area contributed by atoms with Gasteiger partial charge in [0.25, 0.3) is 0 Å². The first-order chi connectivity index (χ1) is 41.0. The summed E-state index contributed by atoms with van der Waals surface area (Å²) in [6, 6.07) is 0. The normalized spacial score (nSPS) is 12.5. The molecule has 1 atom stereocenters. The van der Waals surface area contributed by atoms with E-state index in [9.17, 15) is 14.4 Å². The van der Waals surface area contributed by atoms with Gasteiger partial charge in [-0.2, -0.15) is 0 Å². The topological polar surface area (TPSA) is 78.9 Å². The van der Waals surface area contributed by atoms with E-state index in [-0.39, 0.29) is 31.1 Å². The second-order valence-corrected chi connectivity index (χ2v) is 24.5. The van der Waals surface area contributed by atoms with Crippen LogP contribution >= 0.6 is 0 Å². The lowest BCUT2D eigenvalue weighted by atomic mass is 10.0. The third-order valence-electron chi connectivity index (χ3n) is 16.2. The van der Waals surface area contributed by atoms with Crippen LogP contribution in [0.2, 0.25) is 0 Å². The molecule has 0 amide bonds. The van der Waals surface area contributed by atoms with Crippen LogP contribution in [0.15, 0.2) is 72.9 Å². The predicted octanol–water partition coefficient (Wildman–Crippen LogP) is 25.2. The molecule has 0 saturated heterocycles. The van der Waals surface area contributed by atoms with E-state index in [0.29, 0.717) is 19.3 Å². The van der Waals surface area contributed by atoms with Crippen molar-refractivity contribution in [1.29, 1.82) is 0 Å². The third-order valence-corrected chi connectivity index (χ3v) is 16.2. The number of rotatable bonds is 67. The van der Waals surface area contributed by atoms with Crippen LogP contribution in [0.25, 0.3) is 0 Å². The van der Waals surface area contributed by atoms with Gasteiger partial charge in [0.05, 0.1) is 0 Å². The van der Waals surface area contributed by atoms with E-state index in [2.05, 4.69) is 93.7 Å². The zero-order chi connectivity index (χ0) is 59.9. The number of carbonyl (C=O) groups is 3. The zero-order valence-corrected chi connectivity index (χ0v) is 55.5. The Hall–Kier alpha value is -3.15. The van der Waals surface area contributed by atoms with Crippen LogP contribution in [0.3, 0.4) is 0 Å². The minimum atomic E-state index is -0.790. The van der Waals surface area contributed by atoms with E-state index in [4.69, 9.17) is 14.2 Å². The largest absolute Gasteiger partial charge is 0.462 e. The molecule has 482 valence electrons. The van der Waals surface area contributed by atoms with Gasteiger partial charge in [0.2, 0.25) is 0 Å². The summed E-state index contributed by atoms with van der Waals surface area (Å²) < 4.78 is 17.0. The van der Waals surface area contributed by atoms with Crippen molar-refractivity contribution in [1.82, 2.24) is 0 Å². The summed E-state index contributed by atoms with van der Waals surface area (Å²) >= 11 is 0. The first-order valence-corrected chi connectivity index (χ1v) is 36.4. The molecular weight excluding hydrogens is 1020 g/mol. The molecule has 0 spiro atoms. The number of allylic oxidation sites excluding steroid dienone is 12. The highest BCUT2D eigenvalue weighted by Crippen LogP contribution is 2.18. The second-order valence-electron chi connectivity index (χ2n) is 24.5. The molecule has 0 aliphatic heterocycles. The Balaban J connectivity index is 4.28. The number of esters is 3. The summed E-state index contributed by atoms with van der Waals surface area (Å²) in [4.78, 5) is 38.5. The molecular formula is C77H138O6. The lowest BCUT2D eigenvalue weighted by molar-refractivity contribution is -0.167. The minimum Gasteiger partial charge on any atom is -0.462 e. The lowest BCUT2D eigenvalue weighted by Crippen LogP contribution is -2.30. The van der Waals surface area contributed by atoms with Crippen molar-refractivity contribution in [2.24, 2.45) is 0 Å². The Morgan fingerprint density at radius 2 is 0.434 bits per heavy atom. The molecule has 0 fully saturated rings. The van der Waals surface area contributed by atoms with Gasteiger partial charge in [-0.05, 0) is 116 Å². The molecule has 0 N–H and O–H groups in total. The maximum Gasteiger partial charge on any atom is 0.306 e. The van der Waals surface area contributed by atoms with Crippen molar-refractivity contribution in [2.75, 3.05) is 13.2 Å². The van der Waals surface area contributed by atoms with Gasteiger partial charge < -0.3 is 14.2 Å². The quantitative estimate of drug-likeness (QED) is 0.0261. The van der Waals surface area contributed by atoms with Crippen LogP contribution < -0.4 is 0 Å². The summed E-state index contributed by atoms with van der Waals surface area (Å²) in [6.45, 7) is 6.63. The van der Waals surface area contributed by atoms with E-state index >= 15 is 0 Å². The van der Waals surface area contributed by atoms with Crippen LogP contribution in [0.5, 0.6) is 0 Å². The third kappa shape index (κ3) is 69.5. The smallest absolute Gasteiger partial charge is 0.306 e. The average Bonchev–Trinajstić information content (AvgIpc) is 3.49. The monoisotopic (exact) mass is 1160 g/mol. The van der Waals surface area contributed by atoms with Gasteiger partial charge in [0.15, 0.2) is 6.10 Å². The molecule has 6 heteroatoms. The van der Waals surface area contributed by atoms with Crippen LogP contribution in [-0.2, 0) is 28.6 Å². The molecule has 0 rings (SSSR count). The number of hydrogen-bond acceptors (Lipinski definition) is 6. The molecule has 0 radical (unpaired) electrons. The molecule has 0 aromatic rings. The van der Waals surface area contributed by atoms with Gasteiger partial charge in [-0.1, -0.05) is 318 Å². The van der Waals surface area contributed by atoms with Crippen LogP contribution in [-0.4, -0.2) is 37.2 Å². The summed E-state index contributed by atoms with van der Waals surface area (Å²) in [5.74, 6) is -0.889. The number of ether oxygens (including phenoxy) is 3. The van der Waals surface area contributed by atoms with E-state index in [1.54, 1.807) is 0 Å². The molecule has 83 heavy (non-hydrogen) atoms. The van der Waals surface area contributed by atoms with Gasteiger partial charge in [0, 0.05) is 19.3 Å². The fourth-order valence-electron chi connectivity index (χ4n) is 10.7. The molecule has 0 aromatic carbocycles. The Kier molecular flexibility index (Phi) is 68.6. The Labute approximate surface area is 516 Å². The van der Waals surface area contributed by atoms with E-state index in [0.717, 1.165) is 103 Å². The number of hydrogen-bond donors (Lipinski definition) is 0. The predicted molar refractivity (Wildman–Crippen MR) is 362 cm³/mol. The highest BCUT2D eigenvalue weighted by molar-refractivity contribution is 5.71. The van der Waals surface area contributed by atoms with E-state index in [1.165, 1.54) is 238 Å². The van der Waals surface area contributed by atoms with Crippen molar-refractivity contribution in [2.45, 2.75) is 386 Å². The van der Waals surface area contributed by atoms with Gasteiger partial charge >= 0.3 is 17.9 Å². The molecule has 0 aromatic heterocycles. The highest BCUT2D eigenvalue weighted by Gasteiger charge is 2.19. The fraction of sp³-hybridized carbons (Fsp3) is 0.805. The molecule has 0 aliphatic rings. The van der Waals surface area contributed by atoms with Gasteiger partial charge in [0.1, 0.15) is 13.2 Å². The molecule has 0 saturated carbocycles. The van der Waals surface area contributed by atoms with Crippen molar-refractivity contribution in [3.05, 3.63) is 72.9 Å². The van der Waals surface area contributed by atoms with Crippen molar-refractivity contribution in [3.63, 3.8) is 0 Å². The average molecular weight is 1160 g/mol. The maximum absolute atomic E-state index is 13.0. The lowest BCUT2D eigenvalue weighted by Gasteiger charge is -2.18. The second kappa shape index (κ2) is 71.3. The SMILES string of the molecule is CCCCC/C=C\C/C=C\CCCCCCCC(=O)OCC(COC(=O)CCCCCCCCCCCCCCCCCCC/C=C\CCCCCCCCCC)OC(=O)CCCCCCCC/C=C\C/C=C\C/C=C\CCCCCCC. The molecule has 0 bridgehead atoms. The first-order valence-electron chi connectivity index (χ1n) is 36.4. The molecule has 0 heterocycles. The van der Waals surface area contributed by atoms with Crippen molar-refractivity contribution in [3.8, 4) is 0 Å². The number of unbranched alkanes of at least 4 members (excludes halogenated alkanes) is 44. The van der Waals surface area contributed by atoms with E-state index in [1.807, 2.05) is 0 Å². The zero-order valence-electron chi connectivity index (χ0n) is 55.5. The number of carbonyl (C=O) groups excluding carboxylic acids is 3. The van der Waals surface area contributed by atoms with Gasteiger partial charge in [-0.3, -0.25) is 14.4 Å². The first kappa shape index (κ1) is 79.8. The minimum absolute atomic E-state index is 0.0827. The van der Waals surface area contributed by atoms with Crippen LogP contribution in [0, 0.1) is 0 Å². The summed E-state index contributed by atoms with van der Waals surface area (Å²) in [5.41, 5.74) is 0. The molecule has 1 unspecified atom stereocenters. The summed E-state index contributed by atoms with van der Waals surface area (Å²) in [7, 11) is 0. The van der Waals surface area contributed by atoms with Crippen molar-refractivity contribution < 1.29 is 28.6 Å². The molecule has 0 aliphatic carbocycles. The van der Waals surface area contributed by atoms with E-state index < -0.39 is 6.10 Å². The van der Waals surface area contributed by atoms with Crippen LogP contribution in [0.4, 0.5) is 0 Å². The van der Waals surface area contributed by atoms with Gasteiger partial charge in [-0.15, -0.1) is 0 Å². The Bertz CT molecular complexity index is 1520. The summed E-state index contributed by atoms with van der Waals surface area (Å²) in [5, 5.41) is 0. The Morgan fingerprint density at radius 1 is 0.241 bits per heavy atom. The maximum atomic E-state index is 13.0. The van der Waals surface area contributed by atoms with Gasteiger partial charge in [-0.25, -0.2) is 0 Å².